The highest BCUT2D eigenvalue weighted by Gasteiger charge is 2.15. The SMILES string of the molecule is CCCCOc1cc(CCC(=O)OC)ccc1-c1csc(CN(C)C(=O)c2ccc(OC)cc2)c1. The van der Waals surface area contributed by atoms with Crippen molar-refractivity contribution in [1.29, 1.82) is 0 Å². The van der Waals surface area contributed by atoms with Crippen LogP contribution in [0, 0.1) is 0 Å². The largest absolute Gasteiger partial charge is 0.497 e. The summed E-state index contributed by atoms with van der Waals surface area (Å²) in [7, 11) is 4.82. The summed E-state index contributed by atoms with van der Waals surface area (Å²) in [5, 5.41) is 2.09. The van der Waals surface area contributed by atoms with Crippen LogP contribution >= 0.6 is 11.3 Å². The summed E-state index contributed by atoms with van der Waals surface area (Å²) in [6.07, 6.45) is 2.96. The molecule has 0 N–H and O–H groups in total. The lowest BCUT2D eigenvalue weighted by atomic mass is 10.0. The molecule has 0 aliphatic rings. The van der Waals surface area contributed by atoms with Crippen molar-refractivity contribution < 1.29 is 23.8 Å². The van der Waals surface area contributed by atoms with Crippen molar-refractivity contribution in [1.82, 2.24) is 4.90 Å². The molecule has 0 bridgehead atoms. The Morgan fingerprint density at radius 3 is 2.49 bits per heavy atom. The minimum absolute atomic E-state index is 0.0406. The number of benzene rings is 2. The Hall–Kier alpha value is -3.32. The average Bonchev–Trinajstić information content (AvgIpc) is 3.35. The Balaban J connectivity index is 1.74. The van der Waals surface area contributed by atoms with Gasteiger partial charge in [-0.15, -0.1) is 11.3 Å². The molecule has 1 aromatic heterocycles. The molecule has 6 nitrogen and oxygen atoms in total. The predicted molar refractivity (Wildman–Crippen MR) is 139 cm³/mol. The first-order valence-corrected chi connectivity index (χ1v) is 12.6. The van der Waals surface area contributed by atoms with Crippen molar-refractivity contribution >= 4 is 23.2 Å². The number of carbonyl (C=O) groups is 2. The van der Waals surface area contributed by atoms with Crippen molar-refractivity contribution in [3.63, 3.8) is 0 Å². The van der Waals surface area contributed by atoms with Gasteiger partial charge in [-0.05, 0) is 65.7 Å². The molecule has 0 spiro atoms. The Bertz CT molecular complexity index is 1120. The lowest BCUT2D eigenvalue weighted by Crippen LogP contribution is -2.25. The second-order valence-electron chi connectivity index (χ2n) is 8.30. The van der Waals surface area contributed by atoms with Crippen LogP contribution < -0.4 is 9.47 Å². The Morgan fingerprint density at radius 2 is 1.80 bits per heavy atom. The molecule has 2 aromatic carbocycles. The molecule has 0 atom stereocenters. The Morgan fingerprint density at radius 1 is 1.03 bits per heavy atom. The van der Waals surface area contributed by atoms with Gasteiger partial charge >= 0.3 is 5.97 Å². The van der Waals surface area contributed by atoms with Crippen LogP contribution in [0.1, 0.15) is 47.0 Å². The van der Waals surface area contributed by atoms with Gasteiger partial charge in [-0.1, -0.05) is 25.5 Å². The Kier molecular flexibility index (Phi) is 9.73. The van der Waals surface area contributed by atoms with E-state index in [-0.39, 0.29) is 11.9 Å². The maximum absolute atomic E-state index is 12.8. The maximum Gasteiger partial charge on any atom is 0.305 e. The van der Waals surface area contributed by atoms with Gasteiger partial charge in [-0.25, -0.2) is 0 Å². The predicted octanol–water partition coefficient (Wildman–Crippen LogP) is 5.98. The van der Waals surface area contributed by atoms with E-state index < -0.39 is 0 Å². The van der Waals surface area contributed by atoms with Crippen LogP contribution in [0.2, 0.25) is 0 Å². The normalized spacial score (nSPS) is 10.6. The highest BCUT2D eigenvalue weighted by Crippen LogP contribution is 2.35. The third-order valence-electron chi connectivity index (χ3n) is 5.69. The topological polar surface area (TPSA) is 65.1 Å². The fourth-order valence-electron chi connectivity index (χ4n) is 3.62. The van der Waals surface area contributed by atoms with Gasteiger partial charge in [0.05, 0.1) is 27.4 Å². The van der Waals surface area contributed by atoms with E-state index in [0.29, 0.717) is 31.6 Å². The zero-order valence-electron chi connectivity index (χ0n) is 20.8. The standard InChI is InChI=1S/C28H33NO5S/c1-5-6-15-34-26-16-20(8-14-27(30)33-4)7-13-25(26)22-17-24(35-19-22)18-29(2)28(31)21-9-11-23(32-3)12-10-21/h7,9-13,16-17,19H,5-6,8,14-15,18H2,1-4H3. The quantitative estimate of drug-likeness (QED) is 0.228. The van der Waals surface area contributed by atoms with E-state index in [9.17, 15) is 9.59 Å². The molecule has 1 heterocycles. The van der Waals surface area contributed by atoms with E-state index in [1.54, 1.807) is 54.7 Å². The fourth-order valence-corrected chi connectivity index (χ4v) is 4.56. The van der Waals surface area contributed by atoms with Crippen LogP contribution in [0.5, 0.6) is 11.5 Å². The lowest BCUT2D eigenvalue weighted by molar-refractivity contribution is -0.140. The van der Waals surface area contributed by atoms with Gasteiger partial charge in [0.25, 0.3) is 5.91 Å². The van der Waals surface area contributed by atoms with Gasteiger partial charge in [0, 0.05) is 29.5 Å². The van der Waals surface area contributed by atoms with Gasteiger partial charge in [0.2, 0.25) is 0 Å². The van der Waals surface area contributed by atoms with Gasteiger partial charge in [-0.3, -0.25) is 9.59 Å². The van der Waals surface area contributed by atoms with Crippen LogP contribution in [0.25, 0.3) is 11.1 Å². The minimum atomic E-state index is -0.224. The molecule has 0 aliphatic heterocycles. The molecule has 0 fully saturated rings. The summed E-state index contributed by atoms with van der Waals surface area (Å²) in [6, 6.07) is 15.3. The number of carbonyl (C=O) groups excluding carboxylic acids is 2. The van der Waals surface area contributed by atoms with Gasteiger partial charge in [0.15, 0.2) is 0 Å². The zero-order valence-corrected chi connectivity index (χ0v) is 21.7. The number of aryl methyl sites for hydroxylation is 1. The van der Waals surface area contributed by atoms with Crippen molar-refractivity contribution in [2.45, 2.75) is 39.2 Å². The Labute approximate surface area is 211 Å². The van der Waals surface area contributed by atoms with Gasteiger partial charge in [-0.2, -0.15) is 0 Å². The van der Waals surface area contributed by atoms with E-state index in [1.807, 2.05) is 18.2 Å². The van der Waals surface area contributed by atoms with E-state index in [4.69, 9.17) is 14.2 Å². The molecular weight excluding hydrogens is 462 g/mol. The van der Waals surface area contributed by atoms with Gasteiger partial charge in [0.1, 0.15) is 11.5 Å². The number of amides is 1. The number of thiophene rings is 1. The number of nitrogens with zero attached hydrogens (tertiary/aromatic N) is 1. The zero-order chi connectivity index (χ0) is 25.2. The van der Waals surface area contributed by atoms with Crippen LogP contribution in [0.15, 0.2) is 53.9 Å². The van der Waals surface area contributed by atoms with Crippen LogP contribution in [0.3, 0.4) is 0 Å². The summed E-state index contributed by atoms with van der Waals surface area (Å²) < 4.78 is 16.1. The third kappa shape index (κ3) is 7.33. The number of unbranched alkanes of at least 4 members (excludes halogenated alkanes) is 1. The molecule has 186 valence electrons. The smallest absolute Gasteiger partial charge is 0.305 e. The van der Waals surface area contributed by atoms with Crippen molar-refractivity contribution in [2.24, 2.45) is 0 Å². The first kappa shape index (κ1) is 26.3. The minimum Gasteiger partial charge on any atom is -0.497 e. The molecule has 35 heavy (non-hydrogen) atoms. The first-order valence-electron chi connectivity index (χ1n) is 11.7. The van der Waals surface area contributed by atoms with E-state index in [2.05, 4.69) is 18.4 Å². The van der Waals surface area contributed by atoms with Crippen molar-refractivity contribution in [2.75, 3.05) is 27.9 Å². The second kappa shape index (κ2) is 13.0. The number of methoxy groups -OCH3 is 2. The second-order valence-corrected chi connectivity index (χ2v) is 9.30. The molecule has 3 rings (SSSR count). The molecule has 0 saturated heterocycles. The summed E-state index contributed by atoms with van der Waals surface area (Å²) in [5.74, 6) is 1.27. The van der Waals surface area contributed by atoms with Crippen molar-refractivity contribution in [3.8, 4) is 22.6 Å². The number of hydrogen-bond donors (Lipinski definition) is 0. The summed E-state index contributed by atoms with van der Waals surface area (Å²) >= 11 is 1.62. The third-order valence-corrected chi connectivity index (χ3v) is 6.61. The van der Waals surface area contributed by atoms with Crippen molar-refractivity contribution in [3.05, 3.63) is 69.9 Å². The molecule has 0 saturated carbocycles. The summed E-state index contributed by atoms with van der Waals surface area (Å²) in [4.78, 5) is 27.2. The highest BCUT2D eigenvalue weighted by molar-refractivity contribution is 7.10. The fraction of sp³-hybridized carbons (Fsp3) is 0.357. The van der Waals surface area contributed by atoms with E-state index in [1.165, 1.54) is 7.11 Å². The molecule has 3 aromatic rings. The molecule has 7 heteroatoms. The number of hydrogen-bond acceptors (Lipinski definition) is 6. The van der Waals surface area contributed by atoms with E-state index >= 15 is 0 Å². The molecular formula is C28H33NO5S. The monoisotopic (exact) mass is 495 g/mol. The molecule has 0 unspecified atom stereocenters. The molecule has 1 amide bonds. The van der Waals surface area contributed by atoms with Crippen LogP contribution in [0.4, 0.5) is 0 Å². The van der Waals surface area contributed by atoms with Gasteiger partial charge < -0.3 is 19.1 Å². The first-order chi connectivity index (χ1) is 16.9. The average molecular weight is 496 g/mol. The van der Waals surface area contributed by atoms with E-state index in [0.717, 1.165) is 45.9 Å². The maximum atomic E-state index is 12.8. The lowest BCUT2D eigenvalue weighted by Gasteiger charge is -2.16. The number of rotatable bonds is 12. The van der Waals surface area contributed by atoms with Crippen LogP contribution in [-0.2, 0) is 22.5 Å². The van der Waals surface area contributed by atoms with Crippen LogP contribution in [-0.4, -0.2) is 44.7 Å². The summed E-state index contributed by atoms with van der Waals surface area (Å²) in [6.45, 7) is 3.28. The molecule has 0 aliphatic carbocycles. The number of ether oxygens (including phenoxy) is 3. The number of esters is 1. The summed E-state index contributed by atoms with van der Waals surface area (Å²) in [5.41, 5.74) is 3.72. The molecule has 0 radical (unpaired) electrons. The highest BCUT2D eigenvalue weighted by atomic mass is 32.1.